The second-order valence-corrected chi connectivity index (χ2v) is 5.91. The van der Waals surface area contributed by atoms with Crippen molar-refractivity contribution in [1.82, 2.24) is 0 Å². The van der Waals surface area contributed by atoms with Crippen LogP contribution in [0.4, 0.5) is 5.69 Å². The van der Waals surface area contributed by atoms with E-state index in [9.17, 15) is 5.11 Å². The van der Waals surface area contributed by atoms with Crippen LogP contribution in [0.25, 0.3) is 0 Å². The van der Waals surface area contributed by atoms with Crippen molar-refractivity contribution < 1.29 is 5.11 Å². The molecule has 0 aliphatic carbocycles. The lowest BCUT2D eigenvalue weighted by Gasteiger charge is -2.20. The summed E-state index contributed by atoms with van der Waals surface area (Å²) in [5.74, 6) is 0.144. The molecule has 0 aliphatic rings. The van der Waals surface area contributed by atoms with E-state index in [0.717, 1.165) is 5.69 Å². The molecular formula is C17H28ClNO. The van der Waals surface area contributed by atoms with E-state index in [1.165, 1.54) is 51.4 Å². The van der Waals surface area contributed by atoms with Crippen LogP contribution in [0.3, 0.4) is 0 Å². The SMILES string of the molecule is CCCCCC(CCCCC)Nc1ccc(O)c(Cl)c1. The molecule has 1 aromatic carbocycles. The van der Waals surface area contributed by atoms with Crippen molar-refractivity contribution in [2.24, 2.45) is 0 Å². The van der Waals surface area contributed by atoms with E-state index >= 15 is 0 Å². The zero-order chi connectivity index (χ0) is 14.8. The van der Waals surface area contributed by atoms with E-state index in [2.05, 4.69) is 19.2 Å². The summed E-state index contributed by atoms with van der Waals surface area (Å²) in [5.41, 5.74) is 1.01. The second-order valence-electron chi connectivity index (χ2n) is 5.50. The Morgan fingerprint density at radius 3 is 2.15 bits per heavy atom. The summed E-state index contributed by atoms with van der Waals surface area (Å²) >= 11 is 5.96. The number of aromatic hydroxyl groups is 1. The fourth-order valence-electron chi connectivity index (χ4n) is 2.40. The summed E-state index contributed by atoms with van der Waals surface area (Å²) in [6.07, 6.45) is 10.0. The Bertz CT molecular complexity index is 371. The molecule has 0 radical (unpaired) electrons. The molecule has 0 aliphatic heterocycles. The van der Waals surface area contributed by atoms with Crippen LogP contribution >= 0.6 is 11.6 Å². The molecule has 0 bridgehead atoms. The minimum absolute atomic E-state index is 0.144. The summed E-state index contributed by atoms with van der Waals surface area (Å²) in [4.78, 5) is 0. The average Bonchev–Trinajstić information content (AvgIpc) is 2.43. The summed E-state index contributed by atoms with van der Waals surface area (Å²) in [6, 6.07) is 5.87. The van der Waals surface area contributed by atoms with Crippen molar-refractivity contribution in [3.63, 3.8) is 0 Å². The van der Waals surface area contributed by atoms with Gasteiger partial charge in [-0.15, -0.1) is 0 Å². The highest BCUT2D eigenvalue weighted by Gasteiger charge is 2.09. The molecule has 0 amide bonds. The van der Waals surface area contributed by atoms with Gasteiger partial charge in [0, 0.05) is 11.7 Å². The van der Waals surface area contributed by atoms with Crippen molar-refractivity contribution in [2.75, 3.05) is 5.32 Å². The van der Waals surface area contributed by atoms with Crippen molar-refractivity contribution in [1.29, 1.82) is 0 Å². The highest BCUT2D eigenvalue weighted by Crippen LogP contribution is 2.27. The number of benzene rings is 1. The molecule has 2 nitrogen and oxygen atoms in total. The summed E-state index contributed by atoms with van der Waals surface area (Å²) in [5, 5.41) is 13.4. The van der Waals surface area contributed by atoms with Gasteiger partial charge in [0.2, 0.25) is 0 Å². The van der Waals surface area contributed by atoms with E-state index < -0.39 is 0 Å². The van der Waals surface area contributed by atoms with Gasteiger partial charge in [0.05, 0.1) is 5.02 Å². The molecule has 0 fully saturated rings. The van der Waals surface area contributed by atoms with E-state index in [1.54, 1.807) is 6.07 Å². The monoisotopic (exact) mass is 297 g/mol. The van der Waals surface area contributed by atoms with Gasteiger partial charge in [-0.1, -0.05) is 64.0 Å². The number of nitrogens with one attached hydrogen (secondary N) is 1. The van der Waals surface area contributed by atoms with Crippen LogP contribution in [-0.2, 0) is 0 Å². The van der Waals surface area contributed by atoms with Gasteiger partial charge in [-0.3, -0.25) is 0 Å². The van der Waals surface area contributed by atoms with Crippen LogP contribution < -0.4 is 5.32 Å². The Balaban J connectivity index is 2.54. The van der Waals surface area contributed by atoms with Gasteiger partial charge in [0.1, 0.15) is 5.75 Å². The number of anilines is 1. The molecule has 1 aromatic rings. The third-order valence-corrected chi connectivity index (χ3v) is 3.93. The van der Waals surface area contributed by atoms with E-state index in [1.807, 2.05) is 12.1 Å². The summed E-state index contributed by atoms with van der Waals surface area (Å²) in [7, 11) is 0. The Hall–Kier alpha value is -0.890. The molecule has 2 N–H and O–H groups in total. The largest absolute Gasteiger partial charge is 0.506 e. The standard InChI is InChI=1S/C17H28ClNO/c1-3-5-7-9-14(10-8-6-4-2)19-15-11-12-17(20)16(18)13-15/h11-14,19-20H,3-10H2,1-2H3. The van der Waals surface area contributed by atoms with Crippen molar-refractivity contribution in [3.8, 4) is 5.75 Å². The maximum Gasteiger partial charge on any atom is 0.134 e. The third kappa shape index (κ3) is 6.51. The first-order valence-electron chi connectivity index (χ1n) is 7.92. The lowest BCUT2D eigenvalue weighted by molar-refractivity contribution is 0.475. The van der Waals surface area contributed by atoms with Crippen LogP contribution in [0.15, 0.2) is 18.2 Å². The van der Waals surface area contributed by atoms with Gasteiger partial charge < -0.3 is 10.4 Å². The molecule has 0 spiro atoms. The fraction of sp³-hybridized carbons (Fsp3) is 0.647. The van der Waals surface area contributed by atoms with Gasteiger partial charge in [-0.05, 0) is 31.0 Å². The quantitative estimate of drug-likeness (QED) is 0.411. The summed E-state index contributed by atoms with van der Waals surface area (Å²) in [6.45, 7) is 4.47. The molecule has 0 aromatic heterocycles. The molecule has 0 atom stereocenters. The second kappa shape index (κ2) is 9.93. The van der Waals surface area contributed by atoms with E-state index in [0.29, 0.717) is 11.1 Å². The molecule has 114 valence electrons. The van der Waals surface area contributed by atoms with Crippen molar-refractivity contribution in [2.45, 2.75) is 71.3 Å². The van der Waals surface area contributed by atoms with Gasteiger partial charge >= 0.3 is 0 Å². The van der Waals surface area contributed by atoms with Crippen LogP contribution in [-0.4, -0.2) is 11.1 Å². The minimum Gasteiger partial charge on any atom is -0.506 e. The molecule has 20 heavy (non-hydrogen) atoms. The molecule has 3 heteroatoms. The number of unbranched alkanes of at least 4 members (excludes halogenated alkanes) is 4. The normalized spacial score (nSPS) is 11.0. The molecule has 1 rings (SSSR count). The first-order valence-corrected chi connectivity index (χ1v) is 8.30. The first-order chi connectivity index (χ1) is 9.67. The predicted molar refractivity (Wildman–Crippen MR) is 88.8 cm³/mol. The number of rotatable bonds is 10. The van der Waals surface area contributed by atoms with Gasteiger partial charge in [-0.25, -0.2) is 0 Å². The van der Waals surface area contributed by atoms with Crippen LogP contribution in [0.1, 0.15) is 65.2 Å². The Morgan fingerprint density at radius 2 is 1.65 bits per heavy atom. The highest BCUT2D eigenvalue weighted by molar-refractivity contribution is 6.32. The molecule has 0 saturated carbocycles. The summed E-state index contributed by atoms with van der Waals surface area (Å²) < 4.78 is 0. The Morgan fingerprint density at radius 1 is 1.05 bits per heavy atom. The van der Waals surface area contributed by atoms with E-state index in [-0.39, 0.29) is 5.75 Å². The molecular weight excluding hydrogens is 270 g/mol. The third-order valence-electron chi connectivity index (χ3n) is 3.63. The highest BCUT2D eigenvalue weighted by atomic mass is 35.5. The fourth-order valence-corrected chi connectivity index (χ4v) is 2.58. The van der Waals surface area contributed by atoms with Crippen molar-refractivity contribution >= 4 is 17.3 Å². The topological polar surface area (TPSA) is 32.3 Å². The number of hydrogen-bond donors (Lipinski definition) is 2. The number of phenols is 1. The van der Waals surface area contributed by atoms with Crippen LogP contribution in [0.5, 0.6) is 5.75 Å². The lowest BCUT2D eigenvalue weighted by Crippen LogP contribution is -2.19. The maximum absolute atomic E-state index is 9.46. The lowest BCUT2D eigenvalue weighted by atomic mass is 10.0. The van der Waals surface area contributed by atoms with Gasteiger partial charge in [0.25, 0.3) is 0 Å². The smallest absolute Gasteiger partial charge is 0.134 e. The Labute approximate surface area is 128 Å². The van der Waals surface area contributed by atoms with Crippen LogP contribution in [0, 0.1) is 0 Å². The first kappa shape index (κ1) is 17.2. The van der Waals surface area contributed by atoms with Gasteiger partial charge in [-0.2, -0.15) is 0 Å². The van der Waals surface area contributed by atoms with Crippen LogP contribution in [0.2, 0.25) is 5.02 Å². The number of hydrogen-bond acceptors (Lipinski definition) is 2. The zero-order valence-corrected chi connectivity index (χ0v) is 13.5. The minimum atomic E-state index is 0.144. The molecule has 0 saturated heterocycles. The average molecular weight is 298 g/mol. The number of phenolic OH excluding ortho intramolecular Hbond substituents is 1. The van der Waals surface area contributed by atoms with E-state index in [4.69, 9.17) is 11.6 Å². The zero-order valence-electron chi connectivity index (χ0n) is 12.8. The number of halogens is 1. The van der Waals surface area contributed by atoms with Gasteiger partial charge in [0.15, 0.2) is 0 Å². The van der Waals surface area contributed by atoms with Crippen molar-refractivity contribution in [3.05, 3.63) is 23.2 Å². The maximum atomic E-state index is 9.46. The molecule has 0 heterocycles. The molecule has 0 unspecified atom stereocenters. The Kier molecular flexibility index (Phi) is 8.52. The predicted octanol–water partition coefficient (Wildman–Crippen LogP) is 5.99.